The SMILES string of the molecule is CN(C(=N)c1cccc(C#N)c1)C(/N=C/c1ccccc1)c1ccc(-n2c3ccccc3c3ccc4c5ccccc5oc4c32)cc1. The summed E-state index contributed by atoms with van der Waals surface area (Å²) in [4.78, 5) is 6.82. The summed E-state index contributed by atoms with van der Waals surface area (Å²) in [7, 11) is 1.87. The minimum absolute atomic E-state index is 0.274. The first-order chi connectivity index (χ1) is 23.1. The standard InChI is InChI=1S/C41H29N5O/c1-45(40(43)30-13-9-12-28(24-30)25-42)41(44-26-27-10-3-2-4-11-27)29-18-20-31(21-19-29)46-36-16-7-5-14-32(36)34-22-23-35-33-15-6-8-17-37(33)47-39(35)38(34)46/h2-24,26,41,43H,1H3/b43-40?,44-26+. The molecule has 6 aromatic carbocycles. The van der Waals surface area contributed by atoms with Gasteiger partial charge in [-0.1, -0.05) is 97.1 Å². The minimum Gasteiger partial charge on any atom is -0.454 e. The zero-order chi connectivity index (χ0) is 31.9. The molecule has 47 heavy (non-hydrogen) atoms. The smallest absolute Gasteiger partial charge is 0.160 e. The zero-order valence-electron chi connectivity index (χ0n) is 25.6. The van der Waals surface area contributed by atoms with E-state index in [4.69, 9.17) is 14.8 Å². The average molecular weight is 608 g/mol. The molecular weight excluding hydrogens is 578 g/mol. The van der Waals surface area contributed by atoms with Gasteiger partial charge in [-0.3, -0.25) is 10.4 Å². The highest BCUT2D eigenvalue weighted by Gasteiger charge is 2.22. The number of aliphatic imine (C=N–C) groups is 1. The molecule has 2 aromatic heterocycles. The topological polar surface area (TPSA) is 81.3 Å². The fourth-order valence-electron chi connectivity index (χ4n) is 6.46. The zero-order valence-corrected chi connectivity index (χ0v) is 25.6. The van der Waals surface area contributed by atoms with Crippen LogP contribution in [0, 0.1) is 16.7 Å². The first kappa shape index (κ1) is 28.1. The number of amidine groups is 1. The average Bonchev–Trinajstić information content (AvgIpc) is 3.68. The van der Waals surface area contributed by atoms with E-state index in [0.717, 1.165) is 60.6 Å². The maximum absolute atomic E-state index is 9.45. The molecule has 6 heteroatoms. The summed E-state index contributed by atoms with van der Waals surface area (Å²) in [6.07, 6.45) is 1.36. The van der Waals surface area contributed by atoms with E-state index in [1.54, 1.807) is 18.2 Å². The number of para-hydroxylation sites is 2. The molecule has 0 fully saturated rings. The third kappa shape index (κ3) is 4.82. The Morgan fingerprint density at radius 2 is 1.51 bits per heavy atom. The van der Waals surface area contributed by atoms with Gasteiger partial charge in [-0.15, -0.1) is 0 Å². The van der Waals surface area contributed by atoms with E-state index in [1.807, 2.05) is 72.8 Å². The molecule has 0 aliphatic carbocycles. The monoisotopic (exact) mass is 607 g/mol. The lowest BCUT2D eigenvalue weighted by molar-refractivity contribution is 0.387. The Hall–Kier alpha value is -6.45. The second-order valence-electron chi connectivity index (χ2n) is 11.6. The minimum atomic E-state index is -0.484. The number of nitrogens with zero attached hydrogens (tertiary/aromatic N) is 4. The van der Waals surface area contributed by atoms with Gasteiger partial charge in [-0.05, 0) is 53.6 Å². The number of hydrogen-bond acceptors (Lipinski definition) is 4. The molecule has 1 N–H and O–H groups in total. The Balaban J connectivity index is 1.26. The molecule has 0 spiro atoms. The number of hydrogen-bond donors (Lipinski definition) is 1. The highest BCUT2D eigenvalue weighted by molar-refractivity contribution is 6.21. The van der Waals surface area contributed by atoms with Gasteiger partial charge < -0.3 is 13.9 Å². The van der Waals surface area contributed by atoms with Crippen molar-refractivity contribution in [2.75, 3.05) is 7.05 Å². The first-order valence-corrected chi connectivity index (χ1v) is 15.4. The van der Waals surface area contributed by atoms with Gasteiger partial charge in [0.1, 0.15) is 17.6 Å². The second-order valence-corrected chi connectivity index (χ2v) is 11.6. The molecule has 1 atom stereocenters. The van der Waals surface area contributed by atoms with Crippen LogP contribution in [0.25, 0.3) is 49.4 Å². The number of benzene rings is 6. The molecule has 2 heterocycles. The predicted octanol–water partition coefficient (Wildman–Crippen LogP) is 9.63. The normalized spacial score (nSPS) is 12.3. The summed E-state index contributed by atoms with van der Waals surface area (Å²) >= 11 is 0. The molecule has 8 aromatic rings. The highest BCUT2D eigenvalue weighted by Crippen LogP contribution is 2.40. The van der Waals surface area contributed by atoms with Crippen LogP contribution in [0.4, 0.5) is 0 Å². The van der Waals surface area contributed by atoms with E-state index in [0.29, 0.717) is 11.1 Å². The van der Waals surface area contributed by atoms with Gasteiger partial charge in [-0.2, -0.15) is 5.26 Å². The molecule has 0 saturated heterocycles. The van der Waals surface area contributed by atoms with Crippen LogP contribution in [0.5, 0.6) is 0 Å². The number of nitrogens with one attached hydrogen (secondary N) is 1. The van der Waals surface area contributed by atoms with Crippen molar-refractivity contribution in [3.8, 4) is 11.8 Å². The van der Waals surface area contributed by atoms with Crippen molar-refractivity contribution < 1.29 is 4.42 Å². The molecule has 0 saturated carbocycles. The van der Waals surface area contributed by atoms with Crippen LogP contribution in [0.3, 0.4) is 0 Å². The Labute approximate surface area is 271 Å². The molecule has 0 aliphatic heterocycles. The van der Waals surface area contributed by atoms with Gasteiger partial charge in [0.15, 0.2) is 5.58 Å². The van der Waals surface area contributed by atoms with E-state index >= 15 is 0 Å². The van der Waals surface area contributed by atoms with Crippen LogP contribution >= 0.6 is 0 Å². The summed E-state index contributed by atoms with van der Waals surface area (Å²) in [6.45, 7) is 0. The van der Waals surface area contributed by atoms with Crippen LogP contribution in [0.1, 0.15) is 28.4 Å². The van der Waals surface area contributed by atoms with Crippen LogP contribution in [-0.2, 0) is 0 Å². The Morgan fingerprint density at radius 1 is 0.787 bits per heavy atom. The van der Waals surface area contributed by atoms with Crippen molar-refractivity contribution >= 4 is 55.8 Å². The highest BCUT2D eigenvalue weighted by atomic mass is 16.3. The lowest BCUT2D eigenvalue weighted by Crippen LogP contribution is -2.30. The lowest BCUT2D eigenvalue weighted by Gasteiger charge is -2.28. The van der Waals surface area contributed by atoms with Gasteiger partial charge in [0, 0.05) is 46.1 Å². The van der Waals surface area contributed by atoms with Crippen LogP contribution in [0.2, 0.25) is 0 Å². The van der Waals surface area contributed by atoms with Gasteiger partial charge in [0.2, 0.25) is 0 Å². The Morgan fingerprint density at radius 3 is 2.32 bits per heavy atom. The number of furan rings is 1. The molecule has 6 nitrogen and oxygen atoms in total. The number of nitriles is 1. The van der Waals surface area contributed by atoms with Gasteiger partial charge in [-0.25, -0.2) is 0 Å². The molecule has 0 radical (unpaired) electrons. The van der Waals surface area contributed by atoms with E-state index in [2.05, 4.69) is 77.4 Å². The van der Waals surface area contributed by atoms with E-state index < -0.39 is 6.17 Å². The van der Waals surface area contributed by atoms with Crippen molar-refractivity contribution in [3.63, 3.8) is 0 Å². The molecule has 0 aliphatic rings. The van der Waals surface area contributed by atoms with Gasteiger partial charge >= 0.3 is 0 Å². The fourth-order valence-corrected chi connectivity index (χ4v) is 6.46. The molecular formula is C41H29N5O. The fraction of sp³-hybridized carbons (Fsp3) is 0.0488. The van der Waals surface area contributed by atoms with E-state index in [1.165, 1.54) is 0 Å². The van der Waals surface area contributed by atoms with Crippen molar-refractivity contribution in [2.45, 2.75) is 6.17 Å². The predicted molar refractivity (Wildman–Crippen MR) is 191 cm³/mol. The number of aromatic nitrogens is 1. The third-order valence-electron chi connectivity index (χ3n) is 8.78. The van der Waals surface area contributed by atoms with Gasteiger partial charge in [0.05, 0.1) is 22.7 Å². The summed E-state index contributed by atoms with van der Waals surface area (Å²) in [6, 6.07) is 48.6. The van der Waals surface area contributed by atoms with Gasteiger partial charge in [0.25, 0.3) is 0 Å². The van der Waals surface area contributed by atoms with E-state index in [-0.39, 0.29) is 5.84 Å². The summed E-state index contributed by atoms with van der Waals surface area (Å²) in [5.74, 6) is 0.274. The molecule has 8 rings (SSSR count). The second kappa shape index (κ2) is 11.5. The molecule has 0 bridgehead atoms. The molecule has 1 unspecified atom stereocenters. The van der Waals surface area contributed by atoms with E-state index in [9.17, 15) is 5.26 Å². The molecule has 0 amide bonds. The number of rotatable bonds is 6. The summed E-state index contributed by atoms with van der Waals surface area (Å²) in [5.41, 5.74) is 7.93. The van der Waals surface area contributed by atoms with Crippen LogP contribution < -0.4 is 0 Å². The quantitative estimate of drug-likeness (QED) is 0.151. The Kier molecular flexibility index (Phi) is 6.85. The maximum atomic E-state index is 9.45. The van der Waals surface area contributed by atoms with Crippen molar-refractivity contribution in [3.05, 3.63) is 162 Å². The van der Waals surface area contributed by atoms with Crippen LogP contribution in [-0.4, -0.2) is 28.6 Å². The van der Waals surface area contributed by atoms with Crippen molar-refractivity contribution in [1.29, 1.82) is 10.7 Å². The first-order valence-electron chi connectivity index (χ1n) is 15.4. The Bertz CT molecular complexity index is 2520. The van der Waals surface area contributed by atoms with Crippen molar-refractivity contribution in [2.24, 2.45) is 4.99 Å². The summed E-state index contributed by atoms with van der Waals surface area (Å²) in [5, 5.41) is 23.0. The largest absolute Gasteiger partial charge is 0.454 e. The van der Waals surface area contributed by atoms with Crippen LogP contribution in [0.15, 0.2) is 149 Å². The van der Waals surface area contributed by atoms with Crippen molar-refractivity contribution in [1.82, 2.24) is 9.47 Å². The summed E-state index contributed by atoms with van der Waals surface area (Å²) < 4.78 is 8.80. The lowest BCUT2D eigenvalue weighted by atomic mass is 10.1. The third-order valence-corrected chi connectivity index (χ3v) is 8.78. The maximum Gasteiger partial charge on any atom is 0.160 e. The molecule has 224 valence electrons. The number of fused-ring (bicyclic) bond motifs is 7.